The van der Waals surface area contributed by atoms with Crippen LogP contribution in [0.4, 0.5) is 0 Å². The van der Waals surface area contributed by atoms with Crippen molar-refractivity contribution >= 4 is 11.6 Å². The lowest BCUT2D eigenvalue weighted by Crippen LogP contribution is -1.96. The molecule has 0 aliphatic rings. The van der Waals surface area contributed by atoms with E-state index in [1.54, 1.807) is 18.3 Å². The predicted octanol–water partition coefficient (Wildman–Crippen LogP) is 3.03. The minimum atomic E-state index is 0.915. The van der Waals surface area contributed by atoms with Crippen LogP contribution in [0.25, 0.3) is 11.6 Å². The number of allylic oxidation sites excluding steroid dienone is 4. The lowest BCUT2D eigenvalue weighted by atomic mass is 10.1. The summed E-state index contributed by atoms with van der Waals surface area (Å²) in [6.07, 6.45) is 11.1. The maximum Gasteiger partial charge on any atom is 0.0716 e. The zero-order valence-corrected chi connectivity index (χ0v) is 9.48. The molecule has 0 aliphatic heterocycles. The van der Waals surface area contributed by atoms with E-state index in [4.69, 9.17) is 0 Å². The van der Waals surface area contributed by atoms with Gasteiger partial charge in [0, 0.05) is 25.0 Å². The Kier molecular flexibility index (Phi) is 4.80. The van der Waals surface area contributed by atoms with Crippen molar-refractivity contribution < 1.29 is 0 Å². The van der Waals surface area contributed by atoms with Gasteiger partial charge in [0.15, 0.2) is 0 Å². The fourth-order valence-corrected chi connectivity index (χ4v) is 1.23. The van der Waals surface area contributed by atoms with Gasteiger partial charge in [-0.3, -0.25) is 4.98 Å². The molecule has 1 heterocycles. The van der Waals surface area contributed by atoms with Gasteiger partial charge < -0.3 is 5.32 Å². The van der Waals surface area contributed by atoms with Crippen molar-refractivity contribution in [3.63, 3.8) is 0 Å². The summed E-state index contributed by atoms with van der Waals surface area (Å²) >= 11 is 0. The molecular formula is C14H16N2. The molecule has 0 saturated carbocycles. The minimum absolute atomic E-state index is 0.915. The molecule has 1 N–H and O–H groups in total. The topological polar surface area (TPSA) is 24.9 Å². The molecule has 0 bridgehead atoms. The summed E-state index contributed by atoms with van der Waals surface area (Å²) in [4.78, 5) is 4.36. The molecule has 1 rings (SSSR count). The Balaban J connectivity index is 3.01. The first-order valence-electron chi connectivity index (χ1n) is 5.07. The summed E-state index contributed by atoms with van der Waals surface area (Å²) in [5.74, 6) is 0. The molecule has 0 radical (unpaired) electrons. The third kappa shape index (κ3) is 3.24. The second-order valence-corrected chi connectivity index (χ2v) is 3.16. The van der Waals surface area contributed by atoms with Gasteiger partial charge in [-0.2, -0.15) is 0 Å². The van der Waals surface area contributed by atoms with Crippen LogP contribution in [-0.2, 0) is 0 Å². The molecule has 0 aromatic carbocycles. The van der Waals surface area contributed by atoms with Crippen LogP contribution >= 0.6 is 0 Å². The summed E-state index contributed by atoms with van der Waals surface area (Å²) in [5.41, 5.74) is 2.94. The predicted molar refractivity (Wildman–Crippen MR) is 70.7 cm³/mol. The maximum absolute atomic E-state index is 4.36. The normalized spacial score (nSPS) is 11.4. The molecule has 1 aromatic heterocycles. The standard InChI is InChI=1S/C14H16N2/c1-4-6-7-13(11-15-3)14-9-8-12(5-2)10-16-14/h4-11,15H,1-2H2,3H3/b7-6-,13-11+. The molecule has 0 atom stereocenters. The third-order valence-electron chi connectivity index (χ3n) is 2.03. The molecule has 0 saturated heterocycles. The fourth-order valence-electron chi connectivity index (χ4n) is 1.23. The van der Waals surface area contributed by atoms with E-state index < -0.39 is 0 Å². The van der Waals surface area contributed by atoms with E-state index in [9.17, 15) is 0 Å². The Hall–Kier alpha value is -2.09. The Morgan fingerprint density at radius 2 is 2.19 bits per heavy atom. The van der Waals surface area contributed by atoms with Crippen molar-refractivity contribution in [1.29, 1.82) is 0 Å². The lowest BCUT2D eigenvalue weighted by Gasteiger charge is -2.02. The van der Waals surface area contributed by atoms with E-state index in [2.05, 4.69) is 23.5 Å². The number of rotatable bonds is 5. The van der Waals surface area contributed by atoms with E-state index in [0.717, 1.165) is 16.8 Å². The monoisotopic (exact) mass is 212 g/mol. The van der Waals surface area contributed by atoms with Crippen molar-refractivity contribution in [2.75, 3.05) is 7.05 Å². The van der Waals surface area contributed by atoms with Crippen LogP contribution in [0.1, 0.15) is 11.3 Å². The van der Waals surface area contributed by atoms with E-state index in [1.165, 1.54) is 0 Å². The van der Waals surface area contributed by atoms with Gasteiger partial charge >= 0.3 is 0 Å². The van der Waals surface area contributed by atoms with Crippen molar-refractivity contribution in [2.45, 2.75) is 0 Å². The highest BCUT2D eigenvalue weighted by molar-refractivity contribution is 5.72. The van der Waals surface area contributed by atoms with Crippen molar-refractivity contribution in [2.24, 2.45) is 0 Å². The Bertz CT molecular complexity index is 411. The third-order valence-corrected chi connectivity index (χ3v) is 2.03. The molecule has 82 valence electrons. The molecule has 0 spiro atoms. The molecular weight excluding hydrogens is 196 g/mol. The average molecular weight is 212 g/mol. The first kappa shape index (κ1) is 12.0. The van der Waals surface area contributed by atoms with E-state index >= 15 is 0 Å². The number of nitrogens with one attached hydrogen (secondary N) is 1. The van der Waals surface area contributed by atoms with E-state index in [-0.39, 0.29) is 0 Å². The van der Waals surface area contributed by atoms with E-state index in [0.29, 0.717) is 0 Å². The second kappa shape index (κ2) is 6.40. The van der Waals surface area contributed by atoms with Crippen LogP contribution in [0.3, 0.4) is 0 Å². The Morgan fingerprint density at radius 1 is 1.38 bits per heavy atom. The van der Waals surface area contributed by atoms with Crippen LogP contribution in [-0.4, -0.2) is 12.0 Å². The minimum Gasteiger partial charge on any atom is -0.393 e. The average Bonchev–Trinajstić information content (AvgIpc) is 2.35. The van der Waals surface area contributed by atoms with Crippen LogP contribution in [0.5, 0.6) is 0 Å². The fraction of sp³-hybridized carbons (Fsp3) is 0.0714. The first-order chi connectivity index (χ1) is 7.81. The summed E-state index contributed by atoms with van der Waals surface area (Å²) in [5, 5.41) is 3.00. The van der Waals surface area contributed by atoms with Crippen molar-refractivity contribution in [3.8, 4) is 0 Å². The number of aromatic nitrogens is 1. The SMILES string of the molecule is C=C/C=C\C(=C/NC)c1ccc(C=C)cn1. The highest BCUT2D eigenvalue weighted by Gasteiger charge is 1.98. The highest BCUT2D eigenvalue weighted by Crippen LogP contribution is 2.13. The molecule has 1 aromatic rings. The molecule has 0 unspecified atom stereocenters. The zero-order valence-electron chi connectivity index (χ0n) is 9.48. The van der Waals surface area contributed by atoms with Crippen molar-refractivity contribution in [3.05, 3.63) is 67.2 Å². The Labute approximate surface area is 96.7 Å². The summed E-state index contributed by atoms with van der Waals surface area (Å²) in [6.45, 7) is 7.34. The Morgan fingerprint density at radius 3 is 2.69 bits per heavy atom. The molecule has 2 nitrogen and oxygen atoms in total. The van der Waals surface area contributed by atoms with Gasteiger partial charge in [-0.15, -0.1) is 0 Å². The largest absolute Gasteiger partial charge is 0.393 e. The molecule has 16 heavy (non-hydrogen) atoms. The number of pyridine rings is 1. The molecule has 2 heteroatoms. The molecule has 0 fully saturated rings. The number of hydrogen-bond donors (Lipinski definition) is 1. The summed E-state index contributed by atoms with van der Waals surface area (Å²) < 4.78 is 0. The van der Waals surface area contributed by atoms with Crippen LogP contribution in [0.15, 0.2) is 55.9 Å². The van der Waals surface area contributed by atoms with Gasteiger partial charge in [0.1, 0.15) is 0 Å². The van der Waals surface area contributed by atoms with Crippen molar-refractivity contribution in [1.82, 2.24) is 10.3 Å². The quantitative estimate of drug-likeness (QED) is 0.759. The van der Waals surface area contributed by atoms with Gasteiger partial charge in [0.25, 0.3) is 0 Å². The lowest BCUT2D eigenvalue weighted by molar-refractivity contribution is 1.10. The first-order valence-corrected chi connectivity index (χ1v) is 5.07. The number of nitrogens with zero attached hydrogens (tertiary/aromatic N) is 1. The summed E-state index contributed by atoms with van der Waals surface area (Å²) in [7, 11) is 1.86. The maximum atomic E-state index is 4.36. The van der Waals surface area contributed by atoms with Gasteiger partial charge in [0.2, 0.25) is 0 Å². The van der Waals surface area contributed by atoms with Crippen LogP contribution in [0.2, 0.25) is 0 Å². The molecule has 0 amide bonds. The zero-order chi connectivity index (χ0) is 11.8. The van der Waals surface area contributed by atoms with Crippen LogP contribution < -0.4 is 5.32 Å². The van der Waals surface area contributed by atoms with Gasteiger partial charge in [-0.1, -0.05) is 43.5 Å². The molecule has 0 aliphatic carbocycles. The van der Waals surface area contributed by atoms with Crippen LogP contribution in [0, 0.1) is 0 Å². The smallest absolute Gasteiger partial charge is 0.0716 e. The van der Waals surface area contributed by atoms with E-state index in [1.807, 2.05) is 37.5 Å². The van der Waals surface area contributed by atoms with Gasteiger partial charge in [0.05, 0.1) is 5.69 Å². The summed E-state index contributed by atoms with van der Waals surface area (Å²) in [6, 6.07) is 3.95. The highest BCUT2D eigenvalue weighted by atomic mass is 14.8. The number of hydrogen-bond acceptors (Lipinski definition) is 2. The van der Waals surface area contributed by atoms with Gasteiger partial charge in [-0.25, -0.2) is 0 Å². The second-order valence-electron chi connectivity index (χ2n) is 3.16. The van der Waals surface area contributed by atoms with Gasteiger partial charge in [-0.05, 0) is 11.6 Å².